The molecule has 9 heteroatoms. The van der Waals surface area contributed by atoms with E-state index in [2.05, 4.69) is 31.4 Å². The molecule has 0 amide bonds. The molecule has 156 valence electrons. The second-order valence-electron chi connectivity index (χ2n) is 7.08. The maximum atomic E-state index is 9.57. The van der Waals surface area contributed by atoms with Crippen molar-refractivity contribution < 1.29 is 4.74 Å². The first-order chi connectivity index (χ1) is 15.7. The number of fused-ring (bicyclic) bond motifs is 1. The molecule has 5 aromatic rings. The number of aromatic nitrogens is 6. The van der Waals surface area contributed by atoms with E-state index in [-0.39, 0.29) is 0 Å². The summed E-state index contributed by atoms with van der Waals surface area (Å²) in [7, 11) is 1.62. The highest BCUT2D eigenvalue weighted by Crippen LogP contribution is 2.29. The summed E-state index contributed by atoms with van der Waals surface area (Å²) in [6.07, 6.45) is 5.19. The Morgan fingerprint density at radius 3 is 2.66 bits per heavy atom. The number of methoxy groups -OCH3 is 1. The minimum atomic E-state index is 0.359. The number of hydrogen-bond acceptors (Lipinski definition) is 7. The van der Waals surface area contributed by atoms with Gasteiger partial charge in [-0.3, -0.25) is 0 Å². The van der Waals surface area contributed by atoms with E-state index in [1.807, 2.05) is 66.2 Å². The lowest BCUT2D eigenvalue weighted by molar-refractivity contribution is 0.413. The summed E-state index contributed by atoms with van der Waals surface area (Å²) in [6, 6.07) is 17.5. The van der Waals surface area contributed by atoms with Crippen molar-refractivity contribution in [2.45, 2.75) is 6.92 Å². The summed E-state index contributed by atoms with van der Waals surface area (Å²) in [5, 5.41) is 17.3. The Balaban J connectivity index is 1.53. The summed E-state index contributed by atoms with van der Waals surface area (Å²) in [6.45, 7) is 1.93. The Morgan fingerprint density at radius 2 is 1.94 bits per heavy atom. The third kappa shape index (κ3) is 3.40. The zero-order valence-electron chi connectivity index (χ0n) is 17.4. The van der Waals surface area contributed by atoms with Crippen molar-refractivity contribution >= 4 is 17.4 Å². The van der Waals surface area contributed by atoms with Gasteiger partial charge in [0.2, 0.25) is 5.95 Å². The van der Waals surface area contributed by atoms with Gasteiger partial charge < -0.3 is 14.6 Å². The van der Waals surface area contributed by atoms with Crippen molar-refractivity contribution in [2.75, 3.05) is 12.4 Å². The number of imidazole rings is 1. The lowest BCUT2D eigenvalue weighted by Crippen LogP contribution is -2.00. The Bertz CT molecular complexity index is 1460. The number of nitrogens with one attached hydrogen (secondary N) is 1. The number of nitrogens with zero attached hydrogens (tertiary/aromatic N) is 7. The van der Waals surface area contributed by atoms with Crippen molar-refractivity contribution in [3.63, 3.8) is 0 Å². The molecular weight excluding hydrogens is 404 g/mol. The molecule has 0 bridgehead atoms. The highest BCUT2D eigenvalue weighted by atomic mass is 16.5. The second kappa shape index (κ2) is 7.85. The Labute approximate surface area is 183 Å². The van der Waals surface area contributed by atoms with Gasteiger partial charge in [-0.2, -0.15) is 14.8 Å². The fourth-order valence-electron chi connectivity index (χ4n) is 3.49. The van der Waals surface area contributed by atoms with E-state index in [0.717, 1.165) is 22.6 Å². The molecule has 0 atom stereocenters. The Morgan fingerprint density at radius 1 is 1.09 bits per heavy atom. The average molecular weight is 422 g/mol. The van der Waals surface area contributed by atoms with E-state index in [9.17, 15) is 5.26 Å². The number of aryl methyl sites for hydroxylation is 1. The van der Waals surface area contributed by atoms with Crippen LogP contribution in [-0.4, -0.2) is 36.2 Å². The second-order valence-corrected chi connectivity index (χ2v) is 7.08. The largest absolute Gasteiger partial charge is 0.494 e. The molecular formula is C23H18N8O. The maximum Gasteiger partial charge on any atom is 0.254 e. The monoisotopic (exact) mass is 422 g/mol. The number of benzene rings is 2. The van der Waals surface area contributed by atoms with Crippen LogP contribution in [0.4, 0.5) is 11.6 Å². The van der Waals surface area contributed by atoms with Crippen LogP contribution in [-0.2, 0) is 0 Å². The molecule has 2 aromatic carbocycles. The van der Waals surface area contributed by atoms with E-state index < -0.39 is 0 Å². The van der Waals surface area contributed by atoms with Gasteiger partial charge in [0.15, 0.2) is 0 Å². The zero-order valence-corrected chi connectivity index (χ0v) is 17.4. The van der Waals surface area contributed by atoms with Gasteiger partial charge in [0.1, 0.15) is 11.8 Å². The van der Waals surface area contributed by atoms with Gasteiger partial charge in [-0.15, -0.1) is 5.10 Å². The van der Waals surface area contributed by atoms with Crippen LogP contribution in [0.1, 0.15) is 11.3 Å². The third-order valence-corrected chi connectivity index (χ3v) is 4.96. The summed E-state index contributed by atoms with van der Waals surface area (Å²) < 4.78 is 9.05. The molecule has 0 saturated heterocycles. The molecule has 0 unspecified atom stereocenters. The van der Waals surface area contributed by atoms with Gasteiger partial charge in [-0.1, -0.05) is 30.3 Å². The van der Waals surface area contributed by atoms with E-state index in [4.69, 9.17) is 4.74 Å². The van der Waals surface area contributed by atoms with Crippen LogP contribution >= 0.6 is 0 Å². The quantitative estimate of drug-likeness (QED) is 0.458. The Kier molecular flexibility index (Phi) is 4.72. The van der Waals surface area contributed by atoms with E-state index >= 15 is 0 Å². The molecule has 3 heterocycles. The molecule has 32 heavy (non-hydrogen) atoms. The number of hydrogen-bond donors (Lipinski definition) is 1. The van der Waals surface area contributed by atoms with Gasteiger partial charge in [0.05, 0.1) is 42.3 Å². The van der Waals surface area contributed by atoms with Crippen molar-refractivity contribution in [3.8, 4) is 28.8 Å². The molecule has 0 spiro atoms. The van der Waals surface area contributed by atoms with Gasteiger partial charge in [0, 0.05) is 23.5 Å². The van der Waals surface area contributed by atoms with Crippen LogP contribution < -0.4 is 10.1 Å². The zero-order chi connectivity index (χ0) is 22.1. The third-order valence-electron chi connectivity index (χ3n) is 4.96. The number of ether oxygens (including phenoxy) is 1. The molecule has 0 fully saturated rings. The van der Waals surface area contributed by atoms with Crippen molar-refractivity contribution in [1.82, 2.24) is 29.1 Å². The minimum Gasteiger partial charge on any atom is -0.494 e. The van der Waals surface area contributed by atoms with Crippen LogP contribution in [0.15, 0.2) is 67.3 Å². The van der Waals surface area contributed by atoms with Gasteiger partial charge in [0.25, 0.3) is 5.78 Å². The number of rotatable bonds is 5. The SMILES string of the molecule is COc1cc(Nc2nc3ncc(C#N)c(-c4ccccc4)n3n2)ccc1-n1cnc(C)c1. The van der Waals surface area contributed by atoms with Gasteiger partial charge in [-0.25, -0.2) is 9.97 Å². The molecule has 1 N–H and O–H groups in total. The first-order valence-corrected chi connectivity index (χ1v) is 9.83. The molecule has 5 rings (SSSR count). The van der Waals surface area contributed by atoms with Crippen LogP contribution in [0.5, 0.6) is 5.75 Å². The minimum absolute atomic E-state index is 0.359. The van der Waals surface area contributed by atoms with Crippen LogP contribution in [0.3, 0.4) is 0 Å². The van der Waals surface area contributed by atoms with Crippen molar-refractivity contribution in [1.29, 1.82) is 5.26 Å². The smallest absolute Gasteiger partial charge is 0.254 e. The summed E-state index contributed by atoms with van der Waals surface area (Å²) in [5.74, 6) is 1.42. The summed E-state index contributed by atoms with van der Waals surface area (Å²) in [5.41, 5.74) is 4.45. The number of nitriles is 1. The van der Waals surface area contributed by atoms with Crippen LogP contribution in [0.25, 0.3) is 22.7 Å². The van der Waals surface area contributed by atoms with E-state index in [1.165, 1.54) is 6.20 Å². The fourth-order valence-corrected chi connectivity index (χ4v) is 3.49. The molecule has 0 saturated carbocycles. The molecule has 0 aliphatic rings. The van der Waals surface area contributed by atoms with E-state index in [1.54, 1.807) is 18.0 Å². The number of anilines is 2. The Hall–Kier alpha value is -4.71. The predicted molar refractivity (Wildman–Crippen MR) is 119 cm³/mol. The van der Waals surface area contributed by atoms with Gasteiger partial charge >= 0.3 is 0 Å². The summed E-state index contributed by atoms with van der Waals surface area (Å²) in [4.78, 5) is 13.0. The lowest BCUT2D eigenvalue weighted by Gasteiger charge is -2.11. The van der Waals surface area contributed by atoms with Crippen LogP contribution in [0, 0.1) is 18.3 Å². The van der Waals surface area contributed by atoms with Crippen molar-refractivity contribution in [2.24, 2.45) is 0 Å². The normalized spacial score (nSPS) is 10.8. The lowest BCUT2D eigenvalue weighted by atomic mass is 10.1. The topological polar surface area (TPSA) is 106 Å². The molecule has 0 aliphatic heterocycles. The predicted octanol–water partition coefficient (Wildman–Crippen LogP) is 3.91. The first kappa shape index (κ1) is 19.3. The summed E-state index contributed by atoms with van der Waals surface area (Å²) >= 11 is 0. The van der Waals surface area contributed by atoms with Gasteiger partial charge in [-0.05, 0) is 19.1 Å². The standard InChI is InChI=1S/C23H18N8O/c1-15-13-30(14-26-15)19-9-8-18(10-20(19)32-2)27-22-28-23-25-12-17(11-24)21(31(23)29-22)16-6-4-3-5-7-16/h3-10,12-14H,1-2H3,(H,27,29). The van der Waals surface area contributed by atoms with Crippen LogP contribution in [0.2, 0.25) is 0 Å². The molecule has 9 nitrogen and oxygen atoms in total. The molecule has 0 aliphatic carbocycles. The molecule has 0 radical (unpaired) electrons. The van der Waals surface area contributed by atoms with Crippen molar-refractivity contribution in [3.05, 3.63) is 78.5 Å². The fraction of sp³-hybridized carbons (Fsp3) is 0.0870. The average Bonchev–Trinajstić information content (AvgIpc) is 3.44. The highest BCUT2D eigenvalue weighted by molar-refractivity contribution is 5.69. The molecule has 3 aromatic heterocycles. The highest BCUT2D eigenvalue weighted by Gasteiger charge is 2.15. The maximum absolute atomic E-state index is 9.57. The van der Waals surface area contributed by atoms with E-state index in [0.29, 0.717) is 28.7 Å². The first-order valence-electron chi connectivity index (χ1n) is 9.83.